The molecule has 0 unspecified atom stereocenters. The summed E-state index contributed by atoms with van der Waals surface area (Å²) < 4.78 is 0. The molecule has 1 aliphatic heterocycles. The highest BCUT2D eigenvalue weighted by molar-refractivity contribution is 7.19. The fourth-order valence-corrected chi connectivity index (χ4v) is 6.21. The second kappa shape index (κ2) is 7.77. The molecule has 5 nitrogen and oxygen atoms in total. The fraction of sp³-hybridized carbons (Fsp3) is 0.360. The topological polar surface area (TPSA) is 48.5 Å². The normalized spacial score (nSPS) is 25.9. The Kier molecular flexibility index (Phi) is 5.07. The van der Waals surface area contributed by atoms with Crippen LogP contribution in [0.2, 0.25) is 0 Å². The maximum Gasteiger partial charge on any atom is 0.323 e. The van der Waals surface area contributed by atoms with E-state index in [4.69, 9.17) is 0 Å². The van der Waals surface area contributed by atoms with Crippen LogP contribution in [0.3, 0.4) is 0 Å². The van der Waals surface area contributed by atoms with Crippen LogP contribution in [0.4, 0.5) is 9.80 Å². The minimum Gasteiger partial charge on any atom is -0.330 e. The highest BCUT2D eigenvalue weighted by Crippen LogP contribution is 2.47. The zero-order valence-electron chi connectivity index (χ0n) is 18.0. The van der Waals surface area contributed by atoms with Crippen molar-refractivity contribution in [3.05, 3.63) is 72.6 Å². The summed E-state index contributed by atoms with van der Waals surface area (Å²) in [6, 6.07) is 19.0. The van der Waals surface area contributed by atoms with E-state index < -0.39 is 0 Å². The lowest BCUT2D eigenvalue weighted by atomic mass is 9.69. The molecule has 5 rings (SSSR count). The third-order valence-electron chi connectivity index (χ3n) is 7.10. The first-order chi connectivity index (χ1) is 15.0. The van der Waals surface area contributed by atoms with Crippen LogP contribution in [0.25, 0.3) is 10.4 Å². The van der Waals surface area contributed by atoms with Gasteiger partial charge in [0.25, 0.3) is 0 Å². The number of nitrogens with zero attached hydrogens (tertiary/aromatic N) is 3. The Morgan fingerprint density at radius 3 is 2.35 bits per heavy atom. The first-order valence-corrected chi connectivity index (χ1v) is 11.7. The molecule has 1 spiro atoms. The minimum atomic E-state index is -0.147. The van der Waals surface area contributed by atoms with Gasteiger partial charge in [0.05, 0.1) is 17.1 Å². The third kappa shape index (κ3) is 3.54. The van der Waals surface area contributed by atoms with E-state index in [1.807, 2.05) is 17.0 Å². The number of carbonyl (C=O) groups is 1. The van der Waals surface area contributed by atoms with Crippen molar-refractivity contribution in [3.8, 4) is 10.4 Å². The molecule has 1 aromatic carbocycles. The lowest BCUT2D eigenvalue weighted by Crippen LogP contribution is -2.54. The van der Waals surface area contributed by atoms with E-state index in [0.717, 1.165) is 47.7 Å². The molecule has 2 aromatic heterocycles. The Hall–Kier alpha value is -2.70. The summed E-state index contributed by atoms with van der Waals surface area (Å²) in [6.07, 6.45) is 7.63. The number of rotatable bonds is 4. The number of pyridine rings is 1. The highest BCUT2D eigenvalue weighted by atomic mass is 32.1. The van der Waals surface area contributed by atoms with Crippen molar-refractivity contribution in [2.75, 3.05) is 25.5 Å². The molecular weight excluding hydrogens is 404 g/mol. The number of nitrogens with one attached hydrogen (secondary N) is 1. The monoisotopic (exact) mass is 432 g/mol. The quantitative estimate of drug-likeness (QED) is 0.623. The van der Waals surface area contributed by atoms with Gasteiger partial charge in [0.1, 0.15) is 0 Å². The average Bonchev–Trinajstić information content (AvgIpc) is 3.40. The van der Waals surface area contributed by atoms with Gasteiger partial charge in [-0.2, -0.15) is 0 Å². The van der Waals surface area contributed by atoms with E-state index in [0.29, 0.717) is 0 Å². The van der Waals surface area contributed by atoms with Gasteiger partial charge in [-0.15, -0.1) is 11.3 Å². The summed E-state index contributed by atoms with van der Waals surface area (Å²) in [5, 5.41) is 4.37. The van der Waals surface area contributed by atoms with Crippen molar-refractivity contribution >= 4 is 22.4 Å². The summed E-state index contributed by atoms with van der Waals surface area (Å²) in [4.78, 5) is 22.5. The Morgan fingerprint density at radius 2 is 1.68 bits per heavy atom. The van der Waals surface area contributed by atoms with Crippen molar-refractivity contribution < 1.29 is 4.79 Å². The van der Waals surface area contributed by atoms with Crippen molar-refractivity contribution in [3.63, 3.8) is 0 Å². The molecule has 2 aliphatic rings. The number of hydrogen-bond acceptors (Lipinski definition) is 4. The smallest absolute Gasteiger partial charge is 0.323 e. The summed E-state index contributed by atoms with van der Waals surface area (Å²) in [5.74, 6) is 0. The summed E-state index contributed by atoms with van der Waals surface area (Å²) in [6.45, 7) is 0.737. The molecule has 1 N–H and O–H groups in total. The van der Waals surface area contributed by atoms with Crippen LogP contribution in [0.15, 0.2) is 67.0 Å². The van der Waals surface area contributed by atoms with Gasteiger partial charge in [-0.3, -0.25) is 14.8 Å². The molecule has 0 atom stereocenters. The number of thiophene rings is 1. The zero-order chi connectivity index (χ0) is 21.5. The van der Waals surface area contributed by atoms with Gasteiger partial charge in [-0.05, 0) is 75.2 Å². The molecule has 2 fully saturated rings. The molecule has 0 radical (unpaired) electrons. The summed E-state index contributed by atoms with van der Waals surface area (Å²) in [7, 11) is 4.35. The predicted octanol–water partition coefficient (Wildman–Crippen LogP) is 5.11. The lowest BCUT2D eigenvalue weighted by molar-refractivity contribution is 0.0658. The van der Waals surface area contributed by atoms with E-state index in [2.05, 4.69) is 71.8 Å². The van der Waals surface area contributed by atoms with Gasteiger partial charge >= 0.3 is 6.03 Å². The van der Waals surface area contributed by atoms with Crippen LogP contribution < -0.4 is 10.2 Å². The standard InChI is InChI=1S/C25H28N4OS/c1-28(2)25(20-6-4-3-5-7-20)14-12-24(13-15-25)18-29(23(30)27-24)22-9-8-21(31-22)19-10-16-26-17-11-19/h3-11,16-17H,12-15,18H2,1-2H3,(H,27,30)/t24-,25-. The SMILES string of the molecule is CN(C)[C@]1(c2ccccc2)CC[C@@]2(CC1)CN(c1ccc(-c3ccncc3)s1)C(=O)N2. The fourth-order valence-electron chi connectivity index (χ4n) is 5.20. The minimum absolute atomic E-state index is 0.0280. The molecule has 3 heterocycles. The van der Waals surface area contributed by atoms with Gasteiger partial charge in [0.15, 0.2) is 0 Å². The average molecular weight is 433 g/mol. The first kappa shape index (κ1) is 20.2. The van der Waals surface area contributed by atoms with Crippen LogP contribution in [0, 0.1) is 0 Å². The van der Waals surface area contributed by atoms with Crippen LogP contribution in [-0.4, -0.2) is 42.1 Å². The number of anilines is 1. The van der Waals surface area contributed by atoms with Crippen molar-refractivity contribution in [1.29, 1.82) is 0 Å². The number of hydrogen-bond donors (Lipinski definition) is 1. The number of benzene rings is 1. The van der Waals surface area contributed by atoms with Crippen LogP contribution in [0.5, 0.6) is 0 Å². The zero-order valence-corrected chi connectivity index (χ0v) is 18.9. The molecule has 3 aromatic rings. The molecular formula is C25H28N4OS. The van der Waals surface area contributed by atoms with E-state index in [1.54, 1.807) is 23.7 Å². The molecule has 160 valence electrons. The number of aromatic nitrogens is 1. The van der Waals surface area contributed by atoms with Crippen LogP contribution in [0.1, 0.15) is 31.2 Å². The maximum atomic E-state index is 13.0. The summed E-state index contributed by atoms with van der Waals surface area (Å²) in [5.41, 5.74) is 2.39. The molecule has 6 heteroatoms. The van der Waals surface area contributed by atoms with Gasteiger partial charge < -0.3 is 5.32 Å². The van der Waals surface area contributed by atoms with Gasteiger partial charge in [0, 0.05) is 22.8 Å². The Bertz CT molecular complexity index is 1060. The van der Waals surface area contributed by atoms with Gasteiger partial charge in [-0.25, -0.2) is 4.79 Å². The van der Waals surface area contributed by atoms with Crippen molar-refractivity contribution in [2.24, 2.45) is 0 Å². The first-order valence-electron chi connectivity index (χ1n) is 10.8. The molecule has 1 saturated carbocycles. The lowest BCUT2D eigenvalue weighted by Gasteiger charge is -2.48. The highest BCUT2D eigenvalue weighted by Gasteiger charge is 2.50. The van der Waals surface area contributed by atoms with E-state index >= 15 is 0 Å². The number of amides is 2. The van der Waals surface area contributed by atoms with Gasteiger partial charge in [-0.1, -0.05) is 30.3 Å². The largest absolute Gasteiger partial charge is 0.330 e. The van der Waals surface area contributed by atoms with E-state index in [9.17, 15) is 4.79 Å². The van der Waals surface area contributed by atoms with Crippen LogP contribution in [-0.2, 0) is 5.54 Å². The van der Waals surface area contributed by atoms with Crippen LogP contribution >= 0.6 is 11.3 Å². The Labute approximate surface area is 187 Å². The molecule has 1 aliphatic carbocycles. The third-order valence-corrected chi connectivity index (χ3v) is 8.26. The van der Waals surface area contributed by atoms with E-state index in [1.165, 1.54) is 5.56 Å². The molecule has 0 bridgehead atoms. The van der Waals surface area contributed by atoms with Crippen molar-refractivity contribution in [1.82, 2.24) is 15.2 Å². The Morgan fingerprint density at radius 1 is 0.968 bits per heavy atom. The second-order valence-electron chi connectivity index (χ2n) is 8.96. The second-order valence-corrected chi connectivity index (χ2v) is 10.0. The number of carbonyl (C=O) groups excluding carboxylic acids is 1. The van der Waals surface area contributed by atoms with E-state index in [-0.39, 0.29) is 17.1 Å². The molecule has 31 heavy (non-hydrogen) atoms. The maximum absolute atomic E-state index is 13.0. The van der Waals surface area contributed by atoms with Gasteiger partial charge in [0.2, 0.25) is 0 Å². The summed E-state index contributed by atoms with van der Waals surface area (Å²) >= 11 is 1.66. The number of urea groups is 1. The molecule has 1 saturated heterocycles. The van der Waals surface area contributed by atoms with Crippen molar-refractivity contribution in [2.45, 2.75) is 36.8 Å². The molecule has 2 amide bonds. The Balaban J connectivity index is 1.34. The predicted molar refractivity (Wildman–Crippen MR) is 126 cm³/mol.